The Hall–Kier alpha value is -3.72. The van der Waals surface area contributed by atoms with Crippen molar-refractivity contribution in [2.24, 2.45) is 13.0 Å². The topological polar surface area (TPSA) is 90.1 Å². The van der Waals surface area contributed by atoms with Gasteiger partial charge in [0.25, 0.3) is 5.91 Å². The first-order valence-corrected chi connectivity index (χ1v) is 12.4. The lowest BCUT2D eigenvalue weighted by molar-refractivity contribution is 0.102. The molecule has 4 heterocycles. The van der Waals surface area contributed by atoms with Crippen LogP contribution in [0.3, 0.4) is 0 Å². The molecular formula is C27H33N7O2. The Morgan fingerprint density at radius 2 is 2.03 bits per heavy atom. The molecule has 0 spiro atoms. The molecule has 0 unspecified atom stereocenters. The summed E-state index contributed by atoms with van der Waals surface area (Å²) in [4.78, 5) is 25.1. The first kappa shape index (κ1) is 24.0. The van der Waals surface area contributed by atoms with E-state index < -0.39 is 0 Å². The zero-order valence-electron chi connectivity index (χ0n) is 21.6. The highest BCUT2D eigenvalue weighted by molar-refractivity contribution is 6.04. The highest BCUT2D eigenvalue weighted by atomic mass is 16.5. The third-order valence-electron chi connectivity index (χ3n) is 6.49. The first-order chi connectivity index (χ1) is 17.3. The number of hydrogen-bond donors (Lipinski definition) is 1. The van der Waals surface area contributed by atoms with Crippen molar-refractivity contribution in [3.63, 3.8) is 0 Å². The SMILES string of the molecule is Cc1cc2cc(n1)-c1cnn(C)c1OCCC[C@@H](C)Cn1c(nc3ccc(CN(C)C)cc31)NC2=O. The number of pyridine rings is 1. The third kappa shape index (κ3) is 4.83. The van der Waals surface area contributed by atoms with E-state index in [1.54, 1.807) is 23.0 Å². The summed E-state index contributed by atoms with van der Waals surface area (Å²) in [5.41, 5.74) is 5.80. The molecule has 1 amide bonds. The average molecular weight is 488 g/mol. The molecule has 188 valence electrons. The maximum atomic E-state index is 13.5. The number of amides is 1. The minimum Gasteiger partial charge on any atom is -0.477 e. The van der Waals surface area contributed by atoms with Gasteiger partial charge < -0.3 is 14.2 Å². The van der Waals surface area contributed by atoms with Crippen LogP contribution in [0, 0.1) is 12.8 Å². The van der Waals surface area contributed by atoms with Crippen molar-refractivity contribution in [1.29, 1.82) is 0 Å². The number of fused-ring (bicyclic) bond motifs is 7. The van der Waals surface area contributed by atoms with E-state index in [2.05, 4.69) is 58.0 Å². The number of carbonyl (C=O) groups is 1. The molecule has 2 bridgehead atoms. The van der Waals surface area contributed by atoms with Crippen LogP contribution in [0.25, 0.3) is 22.3 Å². The molecule has 0 aliphatic carbocycles. The van der Waals surface area contributed by atoms with Crippen LogP contribution in [-0.2, 0) is 20.1 Å². The smallest absolute Gasteiger partial charge is 0.258 e. The van der Waals surface area contributed by atoms with Crippen LogP contribution in [0.5, 0.6) is 5.88 Å². The van der Waals surface area contributed by atoms with Crippen molar-refractivity contribution in [2.45, 2.75) is 39.8 Å². The number of ether oxygens (including phenoxy) is 1. The van der Waals surface area contributed by atoms with E-state index in [0.717, 1.165) is 48.2 Å². The minimum atomic E-state index is -0.222. The molecular weight excluding hydrogens is 454 g/mol. The monoisotopic (exact) mass is 487 g/mol. The molecule has 3 aromatic heterocycles. The average Bonchev–Trinajstić information content (AvgIpc) is 3.35. The van der Waals surface area contributed by atoms with Crippen LogP contribution < -0.4 is 10.1 Å². The van der Waals surface area contributed by atoms with Crippen molar-refractivity contribution in [3.8, 4) is 17.1 Å². The van der Waals surface area contributed by atoms with Gasteiger partial charge in [-0.15, -0.1) is 0 Å². The number of anilines is 1. The summed E-state index contributed by atoms with van der Waals surface area (Å²) in [6, 6.07) is 9.90. The molecule has 1 aliphatic heterocycles. The third-order valence-corrected chi connectivity index (χ3v) is 6.49. The van der Waals surface area contributed by atoms with Crippen molar-refractivity contribution in [3.05, 3.63) is 53.3 Å². The van der Waals surface area contributed by atoms with E-state index in [1.165, 1.54) is 5.56 Å². The summed E-state index contributed by atoms with van der Waals surface area (Å²) in [5.74, 6) is 1.36. The molecule has 9 nitrogen and oxygen atoms in total. The van der Waals surface area contributed by atoms with Gasteiger partial charge >= 0.3 is 0 Å². The Labute approximate surface area is 211 Å². The molecule has 0 saturated carbocycles. The lowest BCUT2D eigenvalue weighted by Gasteiger charge is -2.16. The summed E-state index contributed by atoms with van der Waals surface area (Å²) in [6.07, 6.45) is 3.62. The number of imidazole rings is 1. The van der Waals surface area contributed by atoms with Crippen LogP contribution >= 0.6 is 0 Å². The lowest BCUT2D eigenvalue weighted by atomic mass is 10.1. The zero-order chi connectivity index (χ0) is 25.4. The number of nitrogens with one attached hydrogen (secondary N) is 1. The predicted octanol–water partition coefficient (Wildman–Crippen LogP) is 4.26. The molecule has 36 heavy (non-hydrogen) atoms. The Balaban J connectivity index is 1.59. The fourth-order valence-electron chi connectivity index (χ4n) is 4.80. The fourth-order valence-corrected chi connectivity index (χ4v) is 4.80. The van der Waals surface area contributed by atoms with E-state index in [-0.39, 0.29) is 5.91 Å². The Bertz CT molecular complexity index is 1420. The molecule has 0 radical (unpaired) electrons. The Morgan fingerprint density at radius 3 is 2.83 bits per heavy atom. The van der Waals surface area contributed by atoms with Gasteiger partial charge in [-0.05, 0) is 69.6 Å². The first-order valence-electron chi connectivity index (χ1n) is 12.4. The van der Waals surface area contributed by atoms with Crippen molar-refractivity contribution in [1.82, 2.24) is 29.2 Å². The summed E-state index contributed by atoms with van der Waals surface area (Å²) in [7, 11) is 5.97. The molecule has 0 saturated heterocycles. The van der Waals surface area contributed by atoms with Gasteiger partial charge in [0.2, 0.25) is 11.8 Å². The van der Waals surface area contributed by atoms with Gasteiger partial charge in [0.05, 0.1) is 35.1 Å². The van der Waals surface area contributed by atoms with Crippen LogP contribution in [-0.4, -0.2) is 55.8 Å². The maximum Gasteiger partial charge on any atom is 0.258 e. The van der Waals surface area contributed by atoms with Gasteiger partial charge in [-0.3, -0.25) is 15.1 Å². The van der Waals surface area contributed by atoms with Gasteiger partial charge in [0.1, 0.15) is 0 Å². The number of benzene rings is 1. The second-order valence-corrected chi connectivity index (χ2v) is 10.0. The fraction of sp³-hybridized carbons (Fsp3) is 0.407. The van der Waals surface area contributed by atoms with Crippen molar-refractivity contribution < 1.29 is 9.53 Å². The number of aromatic nitrogens is 5. The molecule has 0 fully saturated rings. The van der Waals surface area contributed by atoms with Crippen LogP contribution in [0.1, 0.15) is 41.4 Å². The van der Waals surface area contributed by atoms with E-state index in [4.69, 9.17) is 9.72 Å². The van der Waals surface area contributed by atoms with Crippen molar-refractivity contribution >= 4 is 22.9 Å². The van der Waals surface area contributed by atoms with Gasteiger partial charge in [-0.2, -0.15) is 5.10 Å². The van der Waals surface area contributed by atoms with E-state index in [9.17, 15) is 4.79 Å². The number of rotatable bonds is 2. The lowest BCUT2D eigenvalue weighted by Crippen LogP contribution is -2.18. The molecule has 4 aromatic rings. The van der Waals surface area contributed by atoms with Gasteiger partial charge in [0, 0.05) is 31.4 Å². The molecule has 1 N–H and O–H groups in total. The Kier molecular flexibility index (Phi) is 6.49. The maximum absolute atomic E-state index is 13.5. The number of aryl methyl sites for hydroxylation is 2. The second-order valence-electron chi connectivity index (χ2n) is 10.0. The van der Waals surface area contributed by atoms with Crippen LogP contribution in [0.4, 0.5) is 5.95 Å². The number of nitrogens with zero attached hydrogens (tertiary/aromatic N) is 6. The molecule has 5 rings (SSSR count). The summed E-state index contributed by atoms with van der Waals surface area (Å²) >= 11 is 0. The van der Waals surface area contributed by atoms with E-state index >= 15 is 0 Å². The summed E-state index contributed by atoms with van der Waals surface area (Å²) in [6.45, 7) is 6.27. The second kappa shape index (κ2) is 9.73. The molecule has 1 aromatic carbocycles. The van der Waals surface area contributed by atoms with Gasteiger partial charge in [-0.25, -0.2) is 9.67 Å². The quantitative estimate of drug-likeness (QED) is 0.454. The highest BCUT2D eigenvalue weighted by Gasteiger charge is 2.21. The number of hydrogen-bond acceptors (Lipinski definition) is 6. The normalized spacial score (nSPS) is 16.6. The molecule has 1 aliphatic rings. The largest absolute Gasteiger partial charge is 0.477 e. The van der Waals surface area contributed by atoms with Gasteiger partial charge in [0.15, 0.2) is 0 Å². The molecule has 9 heteroatoms. The summed E-state index contributed by atoms with van der Waals surface area (Å²) < 4.78 is 10.0. The molecule has 1 atom stereocenters. The van der Waals surface area contributed by atoms with E-state index in [1.807, 2.05) is 20.0 Å². The highest BCUT2D eigenvalue weighted by Crippen LogP contribution is 2.30. The Morgan fingerprint density at radius 1 is 1.19 bits per heavy atom. The van der Waals surface area contributed by atoms with Crippen LogP contribution in [0.15, 0.2) is 36.5 Å². The predicted molar refractivity (Wildman–Crippen MR) is 140 cm³/mol. The van der Waals surface area contributed by atoms with Crippen LogP contribution in [0.2, 0.25) is 0 Å². The minimum absolute atomic E-state index is 0.222. The van der Waals surface area contributed by atoms with Gasteiger partial charge in [-0.1, -0.05) is 13.0 Å². The number of carbonyl (C=O) groups excluding carboxylic acids is 1. The zero-order valence-corrected chi connectivity index (χ0v) is 21.6. The summed E-state index contributed by atoms with van der Waals surface area (Å²) in [5, 5.41) is 7.46. The van der Waals surface area contributed by atoms with E-state index in [0.29, 0.717) is 35.6 Å². The van der Waals surface area contributed by atoms with Crippen molar-refractivity contribution in [2.75, 3.05) is 26.0 Å². The standard InChI is InChI=1S/C27H33N7O2/c1-17-7-6-10-36-26-21(14-28-33(26)5)23-13-20(11-18(2)29-23)25(35)31-27-30-22-9-8-19(16-32(3)4)12-24(22)34(27)15-17/h8-9,11-14,17H,6-7,10,15-16H2,1-5H3,(H,30,31,35)/t17-/m1/s1.